The summed E-state index contributed by atoms with van der Waals surface area (Å²) in [5.41, 5.74) is 1.38. The molecule has 0 bridgehead atoms. The van der Waals surface area contributed by atoms with E-state index in [1.165, 1.54) is 12.0 Å². The van der Waals surface area contributed by atoms with Crippen LogP contribution in [-0.2, 0) is 0 Å². The van der Waals surface area contributed by atoms with Crippen molar-refractivity contribution in [2.45, 2.75) is 38.4 Å². The van der Waals surface area contributed by atoms with Crippen molar-refractivity contribution in [1.29, 1.82) is 0 Å². The molecule has 1 aliphatic rings. The van der Waals surface area contributed by atoms with Crippen molar-refractivity contribution >= 4 is 0 Å². The summed E-state index contributed by atoms with van der Waals surface area (Å²) in [6, 6.07) is 12.2. The molecule has 0 aromatic heterocycles. The Hall–Kier alpha value is -1.12. The van der Waals surface area contributed by atoms with Crippen molar-refractivity contribution in [3.63, 3.8) is 0 Å². The predicted octanol–water partition coefficient (Wildman–Crippen LogP) is 2.99. The minimum absolute atomic E-state index is 0.441. The molecule has 0 amide bonds. The van der Waals surface area contributed by atoms with Crippen LogP contribution in [0.1, 0.15) is 31.9 Å². The lowest BCUT2D eigenvalue weighted by molar-refractivity contribution is 0.105. The Balaban J connectivity index is 2.11. The molecule has 3 unspecified atom stereocenters. The summed E-state index contributed by atoms with van der Waals surface area (Å²) in [7, 11) is 0. The molecule has 0 radical (unpaired) electrons. The summed E-state index contributed by atoms with van der Waals surface area (Å²) in [4.78, 5) is 2.57. The van der Waals surface area contributed by atoms with Gasteiger partial charge >= 0.3 is 0 Å². The molecular weight excluding hydrogens is 220 g/mol. The van der Waals surface area contributed by atoms with Crippen molar-refractivity contribution in [3.05, 3.63) is 48.6 Å². The van der Waals surface area contributed by atoms with Gasteiger partial charge in [-0.25, -0.2) is 0 Å². The second kappa shape index (κ2) is 6.17. The van der Waals surface area contributed by atoms with Crippen LogP contribution in [0.5, 0.6) is 0 Å². The number of hydrogen-bond acceptors (Lipinski definition) is 2. The highest BCUT2D eigenvalue weighted by atomic mass is 15.2. The number of nitrogens with one attached hydrogen (secondary N) is 1. The van der Waals surface area contributed by atoms with Gasteiger partial charge in [-0.05, 0) is 18.9 Å². The summed E-state index contributed by atoms with van der Waals surface area (Å²) in [5.74, 6) is 0. The third kappa shape index (κ3) is 2.82. The van der Waals surface area contributed by atoms with E-state index in [2.05, 4.69) is 67.1 Å². The lowest BCUT2D eigenvalue weighted by Crippen LogP contribution is -2.55. The van der Waals surface area contributed by atoms with Crippen molar-refractivity contribution < 1.29 is 0 Å². The molecule has 1 N–H and O–H groups in total. The molecule has 0 aliphatic carbocycles. The fourth-order valence-corrected chi connectivity index (χ4v) is 2.74. The average molecular weight is 244 g/mol. The maximum atomic E-state index is 3.94. The van der Waals surface area contributed by atoms with E-state index in [0.717, 1.165) is 13.1 Å². The third-order valence-electron chi connectivity index (χ3n) is 4.00. The van der Waals surface area contributed by atoms with E-state index < -0.39 is 0 Å². The first-order valence-corrected chi connectivity index (χ1v) is 6.92. The lowest BCUT2D eigenvalue weighted by Gasteiger charge is -2.42. The second-order valence-electron chi connectivity index (χ2n) is 5.11. The molecule has 1 fully saturated rings. The number of hydrogen-bond donors (Lipinski definition) is 1. The molecule has 1 aliphatic heterocycles. The standard InChI is InChI=1S/C16H24N2/c1-4-13(3)18-12-16(17-11-15(18)5-2)14-9-7-6-8-10-14/h4,6-10,13,15-17H,1,5,11-12H2,2-3H3. The fourth-order valence-electron chi connectivity index (χ4n) is 2.74. The quantitative estimate of drug-likeness (QED) is 0.819. The van der Waals surface area contributed by atoms with Gasteiger partial charge in [0.25, 0.3) is 0 Å². The molecule has 3 atom stereocenters. The van der Waals surface area contributed by atoms with Gasteiger partial charge in [0.1, 0.15) is 0 Å². The summed E-state index contributed by atoms with van der Waals surface area (Å²) < 4.78 is 0. The summed E-state index contributed by atoms with van der Waals surface area (Å²) >= 11 is 0. The first-order valence-electron chi connectivity index (χ1n) is 6.92. The van der Waals surface area contributed by atoms with Gasteiger partial charge < -0.3 is 5.32 Å². The molecule has 0 saturated carbocycles. The molecule has 1 saturated heterocycles. The van der Waals surface area contributed by atoms with E-state index in [4.69, 9.17) is 0 Å². The molecule has 98 valence electrons. The van der Waals surface area contributed by atoms with E-state index in [9.17, 15) is 0 Å². The zero-order valence-electron chi connectivity index (χ0n) is 11.5. The molecule has 1 heterocycles. The van der Waals surface area contributed by atoms with E-state index >= 15 is 0 Å². The van der Waals surface area contributed by atoms with Crippen LogP contribution in [0, 0.1) is 0 Å². The molecule has 2 heteroatoms. The molecular formula is C16H24N2. The average Bonchev–Trinajstić information content (AvgIpc) is 2.46. The summed E-state index contributed by atoms with van der Waals surface area (Å²) in [5, 5.41) is 3.67. The monoisotopic (exact) mass is 244 g/mol. The van der Waals surface area contributed by atoms with E-state index in [-0.39, 0.29) is 0 Å². The predicted molar refractivity (Wildman–Crippen MR) is 77.6 cm³/mol. The largest absolute Gasteiger partial charge is 0.307 e. The maximum Gasteiger partial charge on any atom is 0.0450 e. The van der Waals surface area contributed by atoms with Crippen LogP contribution in [0.25, 0.3) is 0 Å². The lowest BCUT2D eigenvalue weighted by atomic mass is 9.99. The highest BCUT2D eigenvalue weighted by Gasteiger charge is 2.29. The van der Waals surface area contributed by atoms with Crippen LogP contribution in [0.15, 0.2) is 43.0 Å². The van der Waals surface area contributed by atoms with Crippen molar-refractivity contribution in [2.24, 2.45) is 0 Å². The van der Waals surface area contributed by atoms with Gasteiger partial charge in [0, 0.05) is 31.2 Å². The van der Waals surface area contributed by atoms with Gasteiger partial charge in [-0.1, -0.05) is 43.3 Å². The van der Waals surface area contributed by atoms with Crippen LogP contribution in [0.2, 0.25) is 0 Å². The molecule has 1 aromatic carbocycles. The van der Waals surface area contributed by atoms with Gasteiger partial charge in [0.15, 0.2) is 0 Å². The van der Waals surface area contributed by atoms with Crippen molar-refractivity contribution in [1.82, 2.24) is 10.2 Å². The zero-order valence-corrected chi connectivity index (χ0v) is 11.5. The number of rotatable bonds is 4. The Labute approximate surface area is 111 Å². The molecule has 2 nitrogen and oxygen atoms in total. The van der Waals surface area contributed by atoms with Gasteiger partial charge in [-0.3, -0.25) is 4.90 Å². The SMILES string of the molecule is C=CC(C)N1CC(c2ccccc2)NCC1CC. The second-order valence-corrected chi connectivity index (χ2v) is 5.11. The Morgan fingerprint density at radius 2 is 2.17 bits per heavy atom. The highest BCUT2D eigenvalue weighted by molar-refractivity contribution is 5.20. The van der Waals surface area contributed by atoms with Crippen LogP contribution >= 0.6 is 0 Å². The van der Waals surface area contributed by atoms with Crippen LogP contribution in [-0.4, -0.2) is 30.1 Å². The Kier molecular flexibility index (Phi) is 4.56. The zero-order chi connectivity index (χ0) is 13.0. The summed E-state index contributed by atoms with van der Waals surface area (Å²) in [6.45, 7) is 10.6. The highest BCUT2D eigenvalue weighted by Crippen LogP contribution is 2.23. The van der Waals surface area contributed by atoms with Crippen LogP contribution in [0.4, 0.5) is 0 Å². The smallest absolute Gasteiger partial charge is 0.0450 e. The molecule has 2 rings (SSSR count). The van der Waals surface area contributed by atoms with Gasteiger partial charge in [0.05, 0.1) is 0 Å². The molecule has 0 spiro atoms. The normalized spacial score (nSPS) is 26.8. The van der Waals surface area contributed by atoms with Crippen LogP contribution in [0.3, 0.4) is 0 Å². The van der Waals surface area contributed by atoms with E-state index in [1.54, 1.807) is 0 Å². The maximum absolute atomic E-state index is 3.94. The fraction of sp³-hybridized carbons (Fsp3) is 0.500. The van der Waals surface area contributed by atoms with Crippen molar-refractivity contribution in [3.8, 4) is 0 Å². The first-order chi connectivity index (χ1) is 8.76. The molecule has 1 aromatic rings. The summed E-state index contributed by atoms with van der Waals surface area (Å²) in [6.07, 6.45) is 3.24. The Morgan fingerprint density at radius 1 is 1.44 bits per heavy atom. The van der Waals surface area contributed by atoms with Crippen molar-refractivity contribution in [2.75, 3.05) is 13.1 Å². The Bertz CT molecular complexity index is 374. The Morgan fingerprint density at radius 3 is 2.78 bits per heavy atom. The van der Waals surface area contributed by atoms with E-state index in [0.29, 0.717) is 18.1 Å². The molecule has 18 heavy (non-hydrogen) atoms. The number of piperazine rings is 1. The van der Waals surface area contributed by atoms with Gasteiger partial charge in [-0.2, -0.15) is 0 Å². The van der Waals surface area contributed by atoms with Crippen LogP contribution < -0.4 is 5.32 Å². The third-order valence-corrected chi connectivity index (χ3v) is 4.00. The van der Waals surface area contributed by atoms with Gasteiger partial charge in [-0.15, -0.1) is 6.58 Å². The number of nitrogens with zero attached hydrogens (tertiary/aromatic N) is 1. The topological polar surface area (TPSA) is 15.3 Å². The van der Waals surface area contributed by atoms with E-state index in [1.807, 2.05) is 0 Å². The minimum Gasteiger partial charge on any atom is -0.307 e. The minimum atomic E-state index is 0.441. The number of benzene rings is 1. The first kappa shape index (κ1) is 13.3. The van der Waals surface area contributed by atoms with Gasteiger partial charge in [0.2, 0.25) is 0 Å².